The highest BCUT2D eigenvalue weighted by molar-refractivity contribution is 5.88. The predicted octanol–water partition coefficient (Wildman–Crippen LogP) is 6.39. The summed E-state index contributed by atoms with van der Waals surface area (Å²) in [5.74, 6) is -2.91. The standard InChI is InChI=1S/C30H25F3N6/c1-20(6-7-21-8-10-24(11-9-21)38-16-23(31)15-36-38)26-4-2-3-5-27(26)28-12-25(37-18-30(32,33)19-37)17-39-29(28)22(13-34)14-35-39/h2-5,8-12,14-17,20H,6-7,18-19H2,1H3. The minimum Gasteiger partial charge on any atom is -0.358 e. The lowest BCUT2D eigenvalue weighted by atomic mass is 9.87. The molecule has 0 radical (unpaired) electrons. The molecule has 196 valence electrons. The van der Waals surface area contributed by atoms with Crippen LogP contribution in [0.5, 0.6) is 0 Å². The van der Waals surface area contributed by atoms with Crippen molar-refractivity contribution in [2.24, 2.45) is 0 Å². The number of anilines is 1. The average Bonchev–Trinajstić information content (AvgIpc) is 3.56. The minimum atomic E-state index is -2.70. The fraction of sp³-hybridized carbons (Fsp3) is 0.233. The lowest BCUT2D eigenvalue weighted by Crippen LogP contribution is -2.56. The Kier molecular flexibility index (Phi) is 6.10. The van der Waals surface area contributed by atoms with E-state index < -0.39 is 5.92 Å². The summed E-state index contributed by atoms with van der Waals surface area (Å²) in [4.78, 5) is 1.63. The van der Waals surface area contributed by atoms with Gasteiger partial charge in [0, 0.05) is 5.56 Å². The highest BCUT2D eigenvalue weighted by atomic mass is 19.3. The van der Waals surface area contributed by atoms with Gasteiger partial charge >= 0.3 is 0 Å². The molecule has 1 unspecified atom stereocenters. The second-order valence-corrected chi connectivity index (χ2v) is 10.1. The third kappa shape index (κ3) is 4.74. The molecule has 2 aromatic carbocycles. The molecule has 5 aromatic rings. The van der Waals surface area contributed by atoms with Crippen LogP contribution in [0.15, 0.2) is 79.4 Å². The number of aryl methyl sites for hydroxylation is 1. The maximum Gasteiger partial charge on any atom is 0.282 e. The number of nitriles is 1. The van der Waals surface area contributed by atoms with Crippen LogP contribution in [0.4, 0.5) is 18.9 Å². The van der Waals surface area contributed by atoms with Gasteiger partial charge in [0.15, 0.2) is 5.82 Å². The first-order valence-corrected chi connectivity index (χ1v) is 12.7. The van der Waals surface area contributed by atoms with Gasteiger partial charge in [0.25, 0.3) is 5.92 Å². The summed E-state index contributed by atoms with van der Waals surface area (Å²) >= 11 is 0. The van der Waals surface area contributed by atoms with E-state index in [1.807, 2.05) is 48.5 Å². The third-order valence-corrected chi connectivity index (χ3v) is 7.33. The Hall–Kier alpha value is -4.58. The minimum absolute atomic E-state index is 0.173. The van der Waals surface area contributed by atoms with Crippen molar-refractivity contribution < 1.29 is 13.2 Å². The number of aromatic nitrogens is 4. The molecule has 0 aliphatic carbocycles. The fourth-order valence-electron chi connectivity index (χ4n) is 5.23. The summed E-state index contributed by atoms with van der Waals surface area (Å²) < 4.78 is 43.7. The zero-order chi connectivity index (χ0) is 27.1. The van der Waals surface area contributed by atoms with Crippen LogP contribution in [-0.2, 0) is 6.42 Å². The molecule has 1 aliphatic heterocycles. The molecule has 1 atom stereocenters. The van der Waals surface area contributed by atoms with Crippen LogP contribution >= 0.6 is 0 Å². The van der Waals surface area contributed by atoms with Gasteiger partial charge in [0.2, 0.25) is 0 Å². The van der Waals surface area contributed by atoms with Gasteiger partial charge in [-0.2, -0.15) is 15.5 Å². The van der Waals surface area contributed by atoms with Crippen LogP contribution in [0.2, 0.25) is 0 Å². The molecule has 1 fully saturated rings. The molecule has 0 saturated carbocycles. The van der Waals surface area contributed by atoms with E-state index in [9.17, 15) is 18.4 Å². The highest BCUT2D eigenvalue weighted by Gasteiger charge is 2.44. The number of nitrogens with zero attached hydrogens (tertiary/aromatic N) is 6. The van der Waals surface area contributed by atoms with Crippen LogP contribution in [0.3, 0.4) is 0 Å². The summed E-state index contributed by atoms with van der Waals surface area (Å²) in [6, 6.07) is 20.0. The van der Waals surface area contributed by atoms with Crippen LogP contribution in [-0.4, -0.2) is 38.4 Å². The zero-order valence-corrected chi connectivity index (χ0v) is 21.2. The maximum atomic E-state index is 13.6. The Balaban J connectivity index is 1.29. The first-order valence-electron chi connectivity index (χ1n) is 12.7. The number of hydrogen-bond donors (Lipinski definition) is 0. The second-order valence-electron chi connectivity index (χ2n) is 10.1. The van der Waals surface area contributed by atoms with Crippen LogP contribution < -0.4 is 4.90 Å². The molecule has 4 heterocycles. The van der Waals surface area contributed by atoms with Gasteiger partial charge in [-0.05, 0) is 53.6 Å². The molecule has 0 spiro atoms. The first-order chi connectivity index (χ1) is 18.8. The topological polar surface area (TPSA) is 62.1 Å². The Bertz CT molecular complexity index is 1690. The second kappa shape index (κ2) is 9.62. The molecule has 0 amide bonds. The highest BCUT2D eigenvalue weighted by Crippen LogP contribution is 2.39. The number of alkyl halides is 2. The largest absolute Gasteiger partial charge is 0.358 e. The summed E-state index contributed by atoms with van der Waals surface area (Å²) in [6.45, 7) is 1.49. The number of fused-ring (bicyclic) bond motifs is 1. The van der Waals surface area contributed by atoms with Crippen molar-refractivity contribution >= 4 is 11.2 Å². The molecule has 9 heteroatoms. The molecule has 1 saturated heterocycles. The average molecular weight is 527 g/mol. The van der Waals surface area contributed by atoms with Gasteiger partial charge in [0.05, 0.1) is 60.3 Å². The van der Waals surface area contributed by atoms with Crippen molar-refractivity contribution in [3.8, 4) is 22.9 Å². The summed E-state index contributed by atoms with van der Waals surface area (Å²) in [5, 5.41) is 18.1. The van der Waals surface area contributed by atoms with E-state index in [1.54, 1.807) is 15.6 Å². The van der Waals surface area contributed by atoms with Gasteiger partial charge in [0.1, 0.15) is 6.07 Å². The molecular formula is C30H25F3N6. The number of rotatable bonds is 7. The van der Waals surface area contributed by atoms with Gasteiger partial charge < -0.3 is 4.90 Å². The van der Waals surface area contributed by atoms with Gasteiger partial charge in [-0.1, -0.05) is 43.3 Å². The van der Waals surface area contributed by atoms with E-state index in [2.05, 4.69) is 29.3 Å². The molecule has 0 bridgehead atoms. The van der Waals surface area contributed by atoms with Gasteiger partial charge in [-0.25, -0.2) is 22.4 Å². The Morgan fingerprint density at radius 2 is 1.74 bits per heavy atom. The molecule has 1 aliphatic rings. The Labute approximate surface area is 223 Å². The van der Waals surface area contributed by atoms with E-state index in [0.29, 0.717) is 16.8 Å². The maximum absolute atomic E-state index is 13.6. The third-order valence-electron chi connectivity index (χ3n) is 7.33. The quantitative estimate of drug-likeness (QED) is 0.247. The zero-order valence-electron chi connectivity index (χ0n) is 21.2. The smallest absolute Gasteiger partial charge is 0.282 e. The molecule has 0 N–H and O–H groups in total. The van der Waals surface area contributed by atoms with Crippen LogP contribution in [0.1, 0.15) is 36.0 Å². The summed E-state index contributed by atoms with van der Waals surface area (Å²) in [6.07, 6.45) is 7.44. The number of pyridine rings is 1. The van der Waals surface area contributed by atoms with E-state index >= 15 is 0 Å². The summed E-state index contributed by atoms with van der Waals surface area (Å²) in [5.41, 5.74) is 6.56. The van der Waals surface area contributed by atoms with E-state index in [4.69, 9.17) is 0 Å². The van der Waals surface area contributed by atoms with Crippen molar-refractivity contribution in [2.75, 3.05) is 18.0 Å². The summed E-state index contributed by atoms with van der Waals surface area (Å²) in [7, 11) is 0. The molecule has 6 nitrogen and oxygen atoms in total. The first kappa shape index (κ1) is 24.7. The lowest BCUT2D eigenvalue weighted by Gasteiger charge is -2.40. The van der Waals surface area contributed by atoms with Gasteiger partial charge in [-0.3, -0.25) is 0 Å². The molecule has 6 rings (SSSR count). The number of halogens is 3. The van der Waals surface area contributed by atoms with E-state index in [-0.39, 0.29) is 24.8 Å². The van der Waals surface area contributed by atoms with Crippen molar-refractivity contribution in [3.05, 3.63) is 102 Å². The number of benzene rings is 2. The normalized spacial score (nSPS) is 15.2. The molecule has 39 heavy (non-hydrogen) atoms. The SMILES string of the molecule is CC(CCc1ccc(-n2cc(F)cn2)cc1)c1ccccc1-c1cc(N2CC(F)(F)C2)cn2ncc(C#N)c12. The van der Waals surface area contributed by atoms with Crippen LogP contribution in [0.25, 0.3) is 22.3 Å². The lowest BCUT2D eigenvalue weighted by molar-refractivity contribution is -0.0263. The predicted molar refractivity (Wildman–Crippen MR) is 143 cm³/mol. The number of hydrogen-bond acceptors (Lipinski definition) is 4. The fourth-order valence-corrected chi connectivity index (χ4v) is 5.23. The monoisotopic (exact) mass is 526 g/mol. The van der Waals surface area contributed by atoms with Crippen molar-refractivity contribution in [1.82, 2.24) is 19.4 Å². The van der Waals surface area contributed by atoms with Crippen molar-refractivity contribution in [2.45, 2.75) is 31.6 Å². The molecular weight excluding hydrogens is 501 g/mol. The van der Waals surface area contributed by atoms with Crippen molar-refractivity contribution in [3.63, 3.8) is 0 Å². The molecule has 3 aromatic heterocycles. The van der Waals surface area contributed by atoms with Crippen molar-refractivity contribution in [1.29, 1.82) is 5.26 Å². The Morgan fingerprint density at radius 1 is 0.974 bits per heavy atom. The van der Waals surface area contributed by atoms with Crippen LogP contribution in [0, 0.1) is 17.1 Å². The van der Waals surface area contributed by atoms with Gasteiger partial charge in [-0.15, -0.1) is 0 Å². The van der Waals surface area contributed by atoms with E-state index in [0.717, 1.165) is 40.8 Å². The Morgan fingerprint density at radius 3 is 2.44 bits per heavy atom. The van der Waals surface area contributed by atoms with E-state index in [1.165, 1.54) is 23.3 Å².